The lowest BCUT2D eigenvalue weighted by atomic mass is 10.2. The van der Waals surface area contributed by atoms with E-state index in [0.717, 1.165) is 16.9 Å². The molecule has 31 heavy (non-hydrogen) atoms. The van der Waals surface area contributed by atoms with Crippen molar-refractivity contribution in [3.63, 3.8) is 0 Å². The smallest absolute Gasteiger partial charge is 0.331 e. The highest BCUT2D eigenvalue weighted by Gasteiger charge is 2.31. The van der Waals surface area contributed by atoms with Crippen molar-refractivity contribution in [3.8, 4) is 17.6 Å². The molecule has 2 aliphatic heterocycles. The Morgan fingerprint density at radius 1 is 1.10 bits per heavy atom. The Hall–Kier alpha value is -4.25. The Balaban J connectivity index is 1.42. The van der Waals surface area contributed by atoms with Crippen LogP contribution in [0.3, 0.4) is 0 Å². The minimum absolute atomic E-state index is 0.0752. The van der Waals surface area contributed by atoms with Crippen molar-refractivity contribution in [2.75, 3.05) is 37.3 Å². The van der Waals surface area contributed by atoms with Gasteiger partial charge in [-0.25, -0.2) is 4.79 Å². The third-order valence-corrected chi connectivity index (χ3v) is 5.01. The van der Waals surface area contributed by atoms with Crippen LogP contribution in [0.1, 0.15) is 5.56 Å². The normalized spacial score (nSPS) is 13.9. The number of anilines is 2. The first-order valence-electron chi connectivity index (χ1n) is 9.48. The molecule has 0 spiro atoms. The van der Waals surface area contributed by atoms with E-state index in [1.165, 1.54) is 6.08 Å². The maximum absolute atomic E-state index is 12.6. The SMILES string of the molecule is CN1C(=C(C#N)C(=O)COC(=O)/C=C/c2ccc3c(c2)OCO3)N(C)c2ccccc21. The monoisotopic (exact) mass is 417 g/mol. The molecule has 0 amide bonds. The van der Waals surface area contributed by atoms with Gasteiger partial charge >= 0.3 is 5.97 Å². The van der Waals surface area contributed by atoms with Crippen LogP contribution in [0.25, 0.3) is 6.08 Å². The van der Waals surface area contributed by atoms with Gasteiger partial charge in [-0.05, 0) is 35.9 Å². The Kier molecular flexibility index (Phi) is 5.33. The second-order valence-electron chi connectivity index (χ2n) is 6.89. The van der Waals surface area contributed by atoms with Gasteiger partial charge in [-0.2, -0.15) is 5.26 Å². The van der Waals surface area contributed by atoms with E-state index >= 15 is 0 Å². The summed E-state index contributed by atoms with van der Waals surface area (Å²) in [6.07, 6.45) is 2.77. The molecule has 0 unspecified atom stereocenters. The lowest BCUT2D eigenvalue weighted by molar-refractivity contribution is -0.141. The maximum atomic E-state index is 12.6. The van der Waals surface area contributed by atoms with Gasteiger partial charge in [0.05, 0.1) is 11.4 Å². The highest BCUT2D eigenvalue weighted by atomic mass is 16.7. The van der Waals surface area contributed by atoms with Gasteiger partial charge in [-0.3, -0.25) is 4.79 Å². The van der Waals surface area contributed by atoms with Crippen molar-refractivity contribution in [3.05, 3.63) is 65.5 Å². The van der Waals surface area contributed by atoms with Crippen LogP contribution >= 0.6 is 0 Å². The van der Waals surface area contributed by atoms with E-state index in [0.29, 0.717) is 17.3 Å². The first kappa shape index (κ1) is 20.0. The number of hydrogen-bond acceptors (Lipinski definition) is 8. The van der Waals surface area contributed by atoms with Gasteiger partial charge in [0.25, 0.3) is 0 Å². The molecule has 2 aliphatic rings. The zero-order chi connectivity index (χ0) is 22.0. The van der Waals surface area contributed by atoms with Crippen molar-refractivity contribution in [1.29, 1.82) is 5.26 Å². The van der Waals surface area contributed by atoms with Crippen molar-refractivity contribution in [1.82, 2.24) is 0 Å². The Labute approximate surface area is 179 Å². The van der Waals surface area contributed by atoms with Gasteiger partial charge in [-0.1, -0.05) is 18.2 Å². The summed E-state index contributed by atoms with van der Waals surface area (Å²) < 4.78 is 15.6. The fourth-order valence-electron chi connectivity index (χ4n) is 3.50. The van der Waals surface area contributed by atoms with Crippen LogP contribution in [0, 0.1) is 11.3 Å². The van der Waals surface area contributed by atoms with Crippen LogP contribution in [0.4, 0.5) is 11.4 Å². The topological polar surface area (TPSA) is 92.1 Å². The molecule has 2 aromatic rings. The predicted molar refractivity (Wildman–Crippen MR) is 113 cm³/mol. The number of ether oxygens (including phenoxy) is 3. The summed E-state index contributed by atoms with van der Waals surface area (Å²) in [6, 6.07) is 14.8. The van der Waals surface area contributed by atoms with E-state index in [1.54, 1.807) is 48.2 Å². The molecule has 8 heteroatoms. The number of para-hydroxylation sites is 2. The Morgan fingerprint density at radius 2 is 1.77 bits per heavy atom. The number of hydrogen-bond donors (Lipinski definition) is 0. The summed E-state index contributed by atoms with van der Waals surface area (Å²) in [7, 11) is 3.56. The number of rotatable bonds is 5. The molecule has 156 valence electrons. The summed E-state index contributed by atoms with van der Waals surface area (Å²) in [5.74, 6) is 0.424. The number of nitriles is 1. The molecular formula is C23H19N3O5. The summed E-state index contributed by atoms with van der Waals surface area (Å²) in [6.45, 7) is -0.367. The highest BCUT2D eigenvalue weighted by Crippen LogP contribution is 2.40. The first-order valence-corrected chi connectivity index (χ1v) is 9.48. The molecule has 0 saturated carbocycles. The average molecular weight is 417 g/mol. The fraction of sp³-hybridized carbons (Fsp3) is 0.174. The second kappa shape index (κ2) is 8.24. The molecule has 0 atom stereocenters. The summed E-state index contributed by atoms with van der Waals surface area (Å²) in [4.78, 5) is 28.2. The summed E-state index contributed by atoms with van der Waals surface area (Å²) >= 11 is 0. The number of esters is 1. The van der Waals surface area contributed by atoms with Crippen LogP contribution in [-0.2, 0) is 14.3 Å². The molecule has 8 nitrogen and oxygen atoms in total. The minimum atomic E-state index is -0.690. The van der Waals surface area contributed by atoms with Gasteiger partial charge < -0.3 is 24.0 Å². The van der Waals surface area contributed by atoms with E-state index in [9.17, 15) is 14.9 Å². The van der Waals surface area contributed by atoms with Gasteiger partial charge in [-0.15, -0.1) is 0 Å². The standard InChI is InChI=1S/C23H19N3O5/c1-25-17-5-3-4-6-18(17)26(2)23(25)16(12-24)19(27)13-29-22(28)10-8-15-7-9-20-21(11-15)31-14-30-20/h3-11H,13-14H2,1-2H3/b10-8+. The molecule has 0 bridgehead atoms. The third-order valence-electron chi connectivity index (χ3n) is 5.01. The van der Waals surface area contributed by atoms with Gasteiger partial charge in [0.15, 0.2) is 18.1 Å². The summed E-state index contributed by atoms with van der Waals surface area (Å²) in [5.41, 5.74) is 2.40. The van der Waals surface area contributed by atoms with Crippen molar-refractivity contribution < 1.29 is 23.8 Å². The fourth-order valence-corrected chi connectivity index (χ4v) is 3.50. The average Bonchev–Trinajstić information content (AvgIpc) is 3.35. The van der Waals surface area contributed by atoms with Gasteiger partial charge in [0.1, 0.15) is 17.5 Å². The second-order valence-corrected chi connectivity index (χ2v) is 6.89. The molecular weight excluding hydrogens is 398 g/mol. The number of benzene rings is 2. The molecule has 0 aliphatic carbocycles. The number of fused-ring (bicyclic) bond motifs is 2. The van der Waals surface area contributed by atoms with Crippen LogP contribution in [-0.4, -0.2) is 39.2 Å². The number of carbonyl (C=O) groups excluding carboxylic acids is 2. The molecule has 0 aromatic heterocycles. The molecule has 0 fully saturated rings. The van der Waals surface area contributed by atoms with E-state index in [-0.39, 0.29) is 12.4 Å². The van der Waals surface area contributed by atoms with Crippen LogP contribution in [0.5, 0.6) is 11.5 Å². The third kappa shape index (κ3) is 3.81. The van der Waals surface area contributed by atoms with Crippen LogP contribution < -0.4 is 19.3 Å². The van der Waals surface area contributed by atoms with Gasteiger partial charge in [0.2, 0.25) is 12.6 Å². The van der Waals surface area contributed by atoms with Crippen LogP contribution in [0.15, 0.2) is 59.9 Å². The Morgan fingerprint density at radius 3 is 2.45 bits per heavy atom. The predicted octanol–water partition coefficient (Wildman–Crippen LogP) is 2.86. The molecule has 2 aromatic carbocycles. The van der Waals surface area contributed by atoms with E-state index in [1.807, 2.05) is 30.3 Å². The van der Waals surface area contributed by atoms with Crippen LogP contribution in [0.2, 0.25) is 0 Å². The zero-order valence-electron chi connectivity index (χ0n) is 17.0. The summed E-state index contributed by atoms with van der Waals surface area (Å²) in [5, 5.41) is 9.61. The first-order chi connectivity index (χ1) is 15.0. The molecule has 2 heterocycles. The van der Waals surface area contributed by atoms with Crippen molar-refractivity contribution >= 4 is 29.2 Å². The van der Waals surface area contributed by atoms with Crippen molar-refractivity contribution in [2.24, 2.45) is 0 Å². The Bertz CT molecular complexity index is 1130. The lowest BCUT2D eigenvalue weighted by Gasteiger charge is -2.19. The minimum Gasteiger partial charge on any atom is -0.454 e. The van der Waals surface area contributed by atoms with E-state index in [4.69, 9.17) is 14.2 Å². The molecule has 0 radical (unpaired) electrons. The molecule has 0 saturated heterocycles. The highest BCUT2D eigenvalue weighted by molar-refractivity contribution is 6.04. The number of ketones is 1. The number of nitrogens with zero attached hydrogens (tertiary/aromatic N) is 3. The van der Waals surface area contributed by atoms with E-state index in [2.05, 4.69) is 0 Å². The largest absolute Gasteiger partial charge is 0.454 e. The maximum Gasteiger partial charge on any atom is 0.331 e. The molecule has 0 N–H and O–H groups in total. The number of carbonyl (C=O) groups is 2. The van der Waals surface area contributed by atoms with Gasteiger partial charge in [0, 0.05) is 20.2 Å². The van der Waals surface area contributed by atoms with E-state index < -0.39 is 18.4 Å². The van der Waals surface area contributed by atoms with Crippen molar-refractivity contribution in [2.45, 2.75) is 0 Å². The molecule has 4 rings (SSSR count). The number of Topliss-reactive ketones (excluding diaryl/α,β-unsaturated/α-hetero) is 1. The zero-order valence-corrected chi connectivity index (χ0v) is 17.0. The quantitative estimate of drug-likeness (QED) is 0.417. The lowest BCUT2D eigenvalue weighted by Crippen LogP contribution is -2.27.